The lowest BCUT2D eigenvalue weighted by atomic mass is 9.79. The largest absolute Gasteiger partial charge is 0.289 e. The first kappa shape index (κ1) is 11.8. The molecule has 0 fully saturated rings. The molecule has 1 aliphatic carbocycles. The maximum atomic E-state index is 12.7. The standard InChI is InChI=1S/C17H14O2/c1-9-5-4-6-12-13(9)17(19)15-11(3)8-7-10(2)14(15)16(12)18/h4-8H,1-3H3. The van der Waals surface area contributed by atoms with Gasteiger partial charge in [0.1, 0.15) is 0 Å². The van der Waals surface area contributed by atoms with Gasteiger partial charge in [-0.1, -0.05) is 30.3 Å². The molecule has 19 heavy (non-hydrogen) atoms. The van der Waals surface area contributed by atoms with E-state index >= 15 is 0 Å². The highest BCUT2D eigenvalue weighted by Crippen LogP contribution is 2.32. The zero-order valence-electron chi connectivity index (χ0n) is 11.2. The van der Waals surface area contributed by atoms with Crippen molar-refractivity contribution < 1.29 is 9.59 Å². The highest BCUT2D eigenvalue weighted by Gasteiger charge is 2.32. The summed E-state index contributed by atoms with van der Waals surface area (Å²) in [5.74, 6) is -0.0570. The first-order valence-corrected chi connectivity index (χ1v) is 6.31. The van der Waals surface area contributed by atoms with Crippen LogP contribution in [0.2, 0.25) is 0 Å². The number of rotatable bonds is 0. The van der Waals surface area contributed by atoms with Gasteiger partial charge in [-0.05, 0) is 37.5 Å². The summed E-state index contributed by atoms with van der Waals surface area (Å²) in [7, 11) is 0. The fraction of sp³-hybridized carbons (Fsp3) is 0.176. The molecule has 0 heterocycles. The minimum absolute atomic E-state index is 0.0242. The van der Waals surface area contributed by atoms with Crippen molar-refractivity contribution >= 4 is 11.6 Å². The fourth-order valence-electron chi connectivity index (χ4n) is 2.81. The molecule has 2 aromatic carbocycles. The minimum Gasteiger partial charge on any atom is -0.289 e. The number of ketones is 2. The monoisotopic (exact) mass is 250 g/mol. The second kappa shape index (κ2) is 3.89. The lowest BCUT2D eigenvalue weighted by Gasteiger charge is -2.22. The average molecular weight is 250 g/mol. The molecule has 0 saturated heterocycles. The summed E-state index contributed by atoms with van der Waals surface area (Å²) in [6.07, 6.45) is 0. The van der Waals surface area contributed by atoms with Gasteiger partial charge in [-0.2, -0.15) is 0 Å². The van der Waals surface area contributed by atoms with Crippen LogP contribution in [0.5, 0.6) is 0 Å². The minimum atomic E-state index is -0.0329. The molecule has 0 atom stereocenters. The van der Waals surface area contributed by atoms with Crippen LogP contribution in [0.4, 0.5) is 0 Å². The van der Waals surface area contributed by atoms with E-state index in [1.807, 2.05) is 45.0 Å². The molecule has 1 aliphatic rings. The highest BCUT2D eigenvalue weighted by atomic mass is 16.1. The molecule has 94 valence electrons. The van der Waals surface area contributed by atoms with Crippen molar-refractivity contribution in [2.24, 2.45) is 0 Å². The molecule has 0 amide bonds. The molecule has 0 aromatic heterocycles. The lowest BCUT2D eigenvalue weighted by molar-refractivity contribution is 0.0977. The van der Waals surface area contributed by atoms with Crippen LogP contribution >= 0.6 is 0 Å². The van der Waals surface area contributed by atoms with Crippen molar-refractivity contribution in [2.45, 2.75) is 20.8 Å². The molecule has 2 heteroatoms. The van der Waals surface area contributed by atoms with Gasteiger partial charge in [0, 0.05) is 22.3 Å². The molecular formula is C17H14O2. The quantitative estimate of drug-likeness (QED) is 0.613. The van der Waals surface area contributed by atoms with Crippen LogP contribution in [0.15, 0.2) is 30.3 Å². The summed E-state index contributed by atoms with van der Waals surface area (Å²) in [6.45, 7) is 5.64. The highest BCUT2D eigenvalue weighted by molar-refractivity contribution is 6.29. The third-order valence-electron chi connectivity index (χ3n) is 3.82. The van der Waals surface area contributed by atoms with Crippen molar-refractivity contribution in [3.05, 3.63) is 69.3 Å². The number of benzene rings is 2. The van der Waals surface area contributed by atoms with Gasteiger partial charge in [-0.25, -0.2) is 0 Å². The number of hydrogen-bond donors (Lipinski definition) is 0. The second-order valence-electron chi connectivity index (χ2n) is 5.11. The molecule has 0 unspecified atom stereocenters. The zero-order valence-corrected chi connectivity index (χ0v) is 11.2. The van der Waals surface area contributed by atoms with Gasteiger partial charge < -0.3 is 0 Å². The molecule has 0 spiro atoms. The Kier molecular flexibility index (Phi) is 2.42. The Morgan fingerprint density at radius 2 is 1.16 bits per heavy atom. The molecular weight excluding hydrogens is 236 g/mol. The molecule has 0 bridgehead atoms. The van der Waals surface area contributed by atoms with E-state index < -0.39 is 0 Å². The predicted octanol–water partition coefficient (Wildman–Crippen LogP) is 3.39. The second-order valence-corrected chi connectivity index (χ2v) is 5.11. The van der Waals surface area contributed by atoms with Crippen LogP contribution in [0.3, 0.4) is 0 Å². The summed E-state index contributed by atoms with van der Waals surface area (Å²) in [6, 6.07) is 9.26. The normalized spacial score (nSPS) is 13.2. The van der Waals surface area contributed by atoms with E-state index in [-0.39, 0.29) is 11.6 Å². The zero-order chi connectivity index (χ0) is 13.7. The Hall–Kier alpha value is -2.22. The van der Waals surface area contributed by atoms with E-state index in [1.54, 1.807) is 6.07 Å². The van der Waals surface area contributed by atoms with Crippen LogP contribution in [0.25, 0.3) is 0 Å². The first-order chi connectivity index (χ1) is 9.02. The smallest absolute Gasteiger partial charge is 0.195 e. The number of aryl methyl sites for hydroxylation is 3. The van der Waals surface area contributed by atoms with E-state index in [4.69, 9.17) is 0 Å². The average Bonchev–Trinajstić information content (AvgIpc) is 2.38. The van der Waals surface area contributed by atoms with Crippen molar-refractivity contribution in [2.75, 3.05) is 0 Å². The van der Waals surface area contributed by atoms with E-state index in [0.717, 1.165) is 16.7 Å². The third-order valence-corrected chi connectivity index (χ3v) is 3.82. The molecule has 0 aliphatic heterocycles. The topological polar surface area (TPSA) is 34.1 Å². The predicted molar refractivity (Wildman–Crippen MR) is 74.0 cm³/mol. The van der Waals surface area contributed by atoms with Crippen LogP contribution in [-0.2, 0) is 0 Å². The Balaban J connectivity index is 2.43. The lowest BCUT2D eigenvalue weighted by Crippen LogP contribution is -2.24. The molecule has 2 nitrogen and oxygen atoms in total. The van der Waals surface area contributed by atoms with E-state index in [9.17, 15) is 9.59 Å². The Labute approximate surface area is 112 Å². The maximum absolute atomic E-state index is 12.7. The summed E-state index contributed by atoms with van der Waals surface area (Å²) < 4.78 is 0. The summed E-state index contributed by atoms with van der Waals surface area (Å²) in [5, 5.41) is 0. The molecule has 0 saturated carbocycles. The molecule has 2 aromatic rings. The number of carbonyl (C=O) groups excluding carboxylic acids is 2. The van der Waals surface area contributed by atoms with Crippen LogP contribution in [0, 0.1) is 20.8 Å². The van der Waals surface area contributed by atoms with Gasteiger partial charge in [-0.15, -0.1) is 0 Å². The summed E-state index contributed by atoms with van der Waals surface area (Å²) >= 11 is 0. The molecule has 0 N–H and O–H groups in total. The number of fused-ring (bicyclic) bond motifs is 2. The SMILES string of the molecule is Cc1cccc2c1C(=O)c1c(C)ccc(C)c1C2=O. The molecule has 0 radical (unpaired) electrons. The Morgan fingerprint density at radius 3 is 1.79 bits per heavy atom. The van der Waals surface area contributed by atoms with Crippen molar-refractivity contribution in [3.8, 4) is 0 Å². The van der Waals surface area contributed by atoms with Gasteiger partial charge in [-0.3, -0.25) is 9.59 Å². The summed E-state index contributed by atoms with van der Waals surface area (Å²) in [4.78, 5) is 25.3. The Morgan fingerprint density at radius 1 is 0.632 bits per heavy atom. The van der Waals surface area contributed by atoms with Crippen molar-refractivity contribution in [1.82, 2.24) is 0 Å². The van der Waals surface area contributed by atoms with Crippen molar-refractivity contribution in [3.63, 3.8) is 0 Å². The van der Waals surface area contributed by atoms with Gasteiger partial charge in [0.05, 0.1) is 0 Å². The van der Waals surface area contributed by atoms with Crippen LogP contribution in [-0.4, -0.2) is 11.6 Å². The van der Waals surface area contributed by atoms with Crippen molar-refractivity contribution in [1.29, 1.82) is 0 Å². The number of hydrogen-bond acceptors (Lipinski definition) is 2. The van der Waals surface area contributed by atoms with E-state index in [1.165, 1.54) is 0 Å². The van der Waals surface area contributed by atoms with Gasteiger partial charge in [0.25, 0.3) is 0 Å². The first-order valence-electron chi connectivity index (χ1n) is 6.31. The summed E-state index contributed by atoms with van der Waals surface area (Å²) in [5.41, 5.74) is 4.84. The van der Waals surface area contributed by atoms with Crippen LogP contribution < -0.4 is 0 Å². The maximum Gasteiger partial charge on any atom is 0.195 e. The van der Waals surface area contributed by atoms with Gasteiger partial charge in [0.2, 0.25) is 0 Å². The number of carbonyl (C=O) groups is 2. The fourth-order valence-corrected chi connectivity index (χ4v) is 2.81. The van der Waals surface area contributed by atoms with Crippen LogP contribution in [0.1, 0.15) is 48.5 Å². The third kappa shape index (κ3) is 1.49. The van der Waals surface area contributed by atoms with Gasteiger partial charge >= 0.3 is 0 Å². The molecule has 3 rings (SSSR count). The van der Waals surface area contributed by atoms with E-state index in [0.29, 0.717) is 22.3 Å². The van der Waals surface area contributed by atoms with E-state index in [2.05, 4.69) is 0 Å². The Bertz CT molecular complexity index is 739. The van der Waals surface area contributed by atoms with Gasteiger partial charge in [0.15, 0.2) is 11.6 Å².